The van der Waals surface area contributed by atoms with Crippen molar-refractivity contribution in [3.05, 3.63) is 108 Å². The van der Waals surface area contributed by atoms with E-state index in [0.717, 1.165) is 16.7 Å². The van der Waals surface area contributed by atoms with Gasteiger partial charge in [-0.15, -0.1) is 0 Å². The van der Waals surface area contributed by atoms with Gasteiger partial charge in [0.1, 0.15) is 0 Å². The molecule has 3 aromatic rings. The Bertz CT molecular complexity index is 1040. The maximum atomic E-state index is 13.1. The van der Waals surface area contributed by atoms with Crippen LogP contribution in [-0.2, 0) is 15.0 Å². The second-order valence-electron chi connectivity index (χ2n) is 7.75. The van der Waals surface area contributed by atoms with E-state index in [-0.39, 0.29) is 30.1 Å². The molecule has 156 valence electrons. The Morgan fingerprint density at radius 1 is 0.839 bits per heavy atom. The number of aliphatic carboxylic acids is 1. The van der Waals surface area contributed by atoms with Gasteiger partial charge in [0.2, 0.25) is 5.91 Å². The molecular weight excluding hydrogens is 388 g/mol. The largest absolute Gasteiger partial charge is 0.481 e. The monoisotopic (exact) mass is 412 g/mol. The molecule has 1 aliphatic rings. The lowest BCUT2D eigenvalue weighted by Gasteiger charge is -2.18. The molecule has 1 fully saturated rings. The van der Waals surface area contributed by atoms with Crippen LogP contribution in [0.15, 0.2) is 96.1 Å². The van der Waals surface area contributed by atoms with Crippen LogP contribution in [0.1, 0.15) is 36.0 Å². The van der Waals surface area contributed by atoms with Crippen molar-refractivity contribution in [1.29, 1.82) is 0 Å². The number of hydrogen-bond acceptors (Lipinski definition) is 3. The van der Waals surface area contributed by atoms with Crippen molar-refractivity contribution in [2.75, 3.05) is 0 Å². The highest BCUT2D eigenvalue weighted by atomic mass is 16.4. The van der Waals surface area contributed by atoms with E-state index in [9.17, 15) is 9.59 Å². The van der Waals surface area contributed by atoms with Crippen molar-refractivity contribution < 1.29 is 14.7 Å². The van der Waals surface area contributed by atoms with E-state index in [1.165, 1.54) is 0 Å². The van der Waals surface area contributed by atoms with Crippen LogP contribution in [0.25, 0.3) is 0 Å². The van der Waals surface area contributed by atoms with Crippen molar-refractivity contribution in [2.45, 2.75) is 24.7 Å². The molecule has 0 heterocycles. The average Bonchev–Trinajstić information content (AvgIpc) is 3.58. The summed E-state index contributed by atoms with van der Waals surface area (Å²) in [5.41, 5.74) is 5.93. The molecule has 31 heavy (non-hydrogen) atoms. The highest BCUT2D eigenvalue weighted by Crippen LogP contribution is 2.58. The molecule has 2 N–H and O–H groups in total. The molecule has 1 saturated carbocycles. The normalized spacial score (nSPS) is 17.0. The molecular formula is C26H24N2O3. The lowest BCUT2D eigenvalue weighted by molar-refractivity contribution is -0.136. The van der Waals surface area contributed by atoms with Crippen molar-refractivity contribution >= 4 is 17.6 Å². The summed E-state index contributed by atoms with van der Waals surface area (Å²) in [6.07, 6.45) is 0.899. The first kappa shape index (κ1) is 20.5. The zero-order chi connectivity index (χ0) is 21.7. The zero-order valence-electron chi connectivity index (χ0n) is 17.1. The van der Waals surface area contributed by atoms with Crippen LogP contribution in [-0.4, -0.2) is 22.7 Å². The Labute approximate surface area is 181 Å². The zero-order valence-corrected chi connectivity index (χ0v) is 17.1. The van der Waals surface area contributed by atoms with Gasteiger partial charge in [0, 0.05) is 11.8 Å². The molecule has 5 heteroatoms. The van der Waals surface area contributed by atoms with Crippen molar-refractivity contribution in [1.82, 2.24) is 5.43 Å². The summed E-state index contributed by atoms with van der Waals surface area (Å²) < 4.78 is 0. The number of rotatable bonds is 8. The number of nitrogens with zero attached hydrogens (tertiary/aromatic N) is 1. The molecule has 1 atom stereocenters. The summed E-state index contributed by atoms with van der Waals surface area (Å²) in [5.74, 6) is -1.29. The number of hydrazone groups is 1. The maximum absolute atomic E-state index is 13.1. The van der Waals surface area contributed by atoms with Crippen LogP contribution < -0.4 is 5.43 Å². The third-order valence-electron chi connectivity index (χ3n) is 5.84. The fourth-order valence-electron chi connectivity index (χ4n) is 4.18. The summed E-state index contributed by atoms with van der Waals surface area (Å²) in [7, 11) is 0. The molecule has 1 aliphatic carbocycles. The van der Waals surface area contributed by atoms with Crippen molar-refractivity contribution in [2.24, 2.45) is 11.0 Å². The lowest BCUT2D eigenvalue weighted by atomic mass is 9.85. The van der Waals surface area contributed by atoms with Gasteiger partial charge < -0.3 is 5.11 Å². The summed E-state index contributed by atoms with van der Waals surface area (Å²) in [5, 5.41) is 13.4. The number of carbonyl (C=O) groups is 2. The number of carbonyl (C=O) groups excluding carboxylic acids is 1. The van der Waals surface area contributed by atoms with Gasteiger partial charge in [-0.05, 0) is 23.1 Å². The van der Waals surface area contributed by atoms with Gasteiger partial charge in [-0.25, -0.2) is 5.43 Å². The Kier molecular flexibility index (Phi) is 5.94. The summed E-state index contributed by atoms with van der Waals surface area (Å²) >= 11 is 0. The standard InChI is InChI=1S/C26H24N2O3/c29-24(30)17-16-23(19-10-4-1-5-11-19)27-28-25(31)22-18-26(22,20-12-6-2-7-13-20)21-14-8-3-9-15-21/h1-15,22H,16-18H2,(H,28,31)(H,29,30)/b27-23-/t22-/m0/s1. The van der Waals surface area contributed by atoms with Gasteiger partial charge >= 0.3 is 5.97 Å². The van der Waals surface area contributed by atoms with E-state index in [4.69, 9.17) is 5.11 Å². The minimum absolute atomic E-state index is 0.0506. The van der Waals surface area contributed by atoms with Gasteiger partial charge in [0.15, 0.2) is 0 Å². The van der Waals surface area contributed by atoms with E-state index in [1.54, 1.807) is 0 Å². The Morgan fingerprint density at radius 3 is 1.87 bits per heavy atom. The predicted molar refractivity (Wildman–Crippen MR) is 120 cm³/mol. The lowest BCUT2D eigenvalue weighted by Crippen LogP contribution is -2.26. The van der Waals surface area contributed by atoms with Crippen LogP contribution in [0, 0.1) is 5.92 Å². The highest BCUT2D eigenvalue weighted by molar-refractivity contribution is 6.02. The summed E-state index contributed by atoms with van der Waals surface area (Å²) in [6, 6.07) is 29.5. The molecule has 1 amide bonds. The van der Waals surface area contributed by atoms with Crippen LogP contribution >= 0.6 is 0 Å². The number of carboxylic acid groups (broad SMARTS) is 1. The minimum atomic E-state index is -0.899. The second kappa shape index (κ2) is 8.96. The Morgan fingerprint density at radius 2 is 1.35 bits per heavy atom. The van der Waals surface area contributed by atoms with Crippen LogP contribution in [0.5, 0.6) is 0 Å². The van der Waals surface area contributed by atoms with Gasteiger partial charge in [0.25, 0.3) is 0 Å². The molecule has 0 unspecified atom stereocenters. The molecule has 4 rings (SSSR count). The average molecular weight is 412 g/mol. The van der Waals surface area contributed by atoms with E-state index in [0.29, 0.717) is 12.1 Å². The smallest absolute Gasteiger partial charge is 0.303 e. The molecule has 0 radical (unpaired) electrons. The molecule has 5 nitrogen and oxygen atoms in total. The highest BCUT2D eigenvalue weighted by Gasteiger charge is 2.60. The number of carboxylic acids is 1. The number of amides is 1. The Balaban J connectivity index is 1.58. The van der Waals surface area contributed by atoms with Crippen molar-refractivity contribution in [3.8, 4) is 0 Å². The fourth-order valence-corrected chi connectivity index (χ4v) is 4.18. The summed E-state index contributed by atoms with van der Waals surface area (Å²) in [6.45, 7) is 0. The molecule has 0 bridgehead atoms. The van der Waals surface area contributed by atoms with Crippen LogP contribution in [0.4, 0.5) is 0 Å². The van der Waals surface area contributed by atoms with E-state index in [1.807, 2.05) is 66.7 Å². The molecule has 0 aliphatic heterocycles. The molecule has 0 aromatic heterocycles. The maximum Gasteiger partial charge on any atom is 0.303 e. The molecule has 3 aromatic carbocycles. The van der Waals surface area contributed by atoms with Crippen LogP contribution in [0.3, 0.4) is 0 Å². The Hall–Kier alpha value is -3.73. The predicted octanol–water partition coefficient (Wildman–Crippen LogP) is 4.38. The molecule has 0 saturated heterocycles. The SMILES string of the molecule is O=C(O)CC/C(=N/NC(=O)[C@@H]1CC1(c1ccccc1)c1ccccc1)c1ccccc1. The fraction of sp³-hybridized carbons (Fsp3) is 0.192. The van der Waals surface area contributed by atoms with E-state index < -0.39 is 5.97 Å². The third-order valence-corrected chi connectivity index (χ3v) is 5.84. The first-order valence-electron chi connectivity index (χ1n) is 10.4. The quantitative estimate of drug-likeness (QED) is 0.426. The summed E-state index contributed by atoms with van der Waals surface area (Å²) in [4.78, 5) is 24.2. The van der Waals surface area contributed by atoms with Crippen LogP contribution in [0.2, 0.25) is 0 Å². The number of benzene rings is 3. The van der Waals surface area contributed by atoms with E-state index >= 15 is 0 Å². The minimum Gasteiger partial charge on any atom is -0.481 e. The van der Waals surface area contributed by atoms with Gasteiger partial charge in [0.05, 0.1) is 18.1 Å². The van der Waals surface area contributed by atoms with Gasteiger partial charge in [-0.1, -0.05) is 91.0 Å². The first-order chi connectivity index (χ1) is 15.1. The van der Waals surface area contributed by atoms with Gasteiger partial charge in [-0.3, -0.25) is 9.59 Å². The van der Waals surface area contributed by atoms with Gasteiger partial charge in [-0.2, -0.15) is 5.10 Å². The third kappa shape index (κ3) is 4.40. The first-order valence-corrected chi connectivity index (χ1v) is 10.4. The topological polar surface area (TPSA) is 78.8 Å². The number of nitrogens with one attached hydrogen (secondary N) is 1. The van der Waals surface area contributed by atoms with Crippen molar-refractivity contribution in [3.63, 3.8) is 0 Å². The second-order valence-corrected chi connectivity index (χ2v) is 7.75. The molecule has 0 spiro atoms. The van der Waals surface area contributed by atoms with E-state index in [2.05, 4.69) is 34.8 Å². The number of hydrogen-bond donors (Lipinski definition) is 2.